The first-order valence-electron chi connectivity index (χ1n) is 6.33. The minimum atomic E-state index is -0.121. The molecule has 0 atom stereocenters. The number of likely N-dealkylation sites (tertiary alicyclic amines) is 1. The van der Waals surface area contributed by atoms with Gasteiger partial charge < -0.3 is 4.90 Å². The molecule has 0 N–H and O–H groups in total. The Bertz CT molecular complexity index is 400. The Labute approximate surface area is 104 Å². The van der Waals surface area contributed by atoms with Crippen LogP contribution in [0.1, 0.15) is 31.9 Å². The second kappa shape index (κ2) is 4.41. The number of benzene rings is 1. The molecule has 17 heavy (non-hydrogen) atoms. The van der Waals surface area contributed by atoms with Gasteiger partial charge in [-0.15, -0.1) is 0 Å². The van der Waals surface area contributed by atoms with Gasteiger partial charge in [-0.3, -0.25) is 0 Å². The Kier molecular flexibility index (Phi) is 3.26. The van der Waals surface area contributed by atoms with Crippen molar-refractivity contribution in [2.45, 2.75) is 32.6 Å². The van der Waals surface area contributed by atoms with Gasteiger partial charge in [-0.05, 0) is 48.1 Å². The maximum Gasteiger partial charge on any atom is 0.123 e. The molecular weight excluding hydrogens is 213 g/mol. The van der Waals surface area contributed by atoms with Gasteiger partial charge in [-0.1, -0.05) is 26.8 Å². The lowest BCUT2D eigenvalue weighted by molar-refractivity contribution is 0.134. The third kappa shape index (κ3) is 2.86. The summed E-state index contributed by atoms with van der Waals surface area (Å²) in [5, 5.41) is 0. The van der Waals surface area contributed by atoms with Crippen molar-refractivity contribution in [2.75, 3.05) is 20.1 Å². The topological polar surface area (TPSA) is 3.24 Å². The molecule has 0 aliphatic carbocycles. The van der Waals surface area contributed by atoms with Gasteiger partial charge in [0.2, 0.25) is 0 Å². The van der Waals surface area contributed by atoms with Gasteiger partial charge >= 0.3 is 0 Å². The van der Waals surface area contributed by atoms with E-state index < -0.39 is 0 Å². The van der Waals surface area contributed by atoms with Crippen LogP contribution in [0.3, 0.4) is 0 Å². The van der Waals surface area contributed by atoms with E-state index in [1.807, 2.05) is 6.07 Å². The lowest BCUT2D eigenvalue weighted by atomic mass is 9.80. The molecular formula is C15H22FN. The maximum absolute atomic E-state index is 13.4. The molecule has 1 aromatic rings. The summed E-state index contributed by atoms with van der Waals surface area (Å²) in [6.07, 6.45) is 1.08. The van der Waals surface area contributed by atoms with E-state index >= 15 is 0 Å². The molecule has 1 aliphatic rings. The second-order valence-corrected chi connectivity index (χ2v) is 6.34. The van der Waals surface area contributed by atoms with Gasteiger partial charge in [0.05, 0.1) is 0 Å². The zero-order valence-electron chi connectivity index (χ0n) is 11.3. The van der Waals surface area contributed by atoms with Crippen LogP contribution in [0.2, 0.25) is 0 Å². The van der Waals surface area contributed by atoms with Gasteiger partial charge in [-0.25, -0.2) is 4.39 Å². The van der Waals surface area contributed by atoms with E-state index in [4.69, 9.17) is 0 Å². The van der Waals surface area contributed by atoms with Gasteiger partial charge in [0, 0.05) is 13.1 Å². The van der Waals surface area contributed by atoms with Crippen LogP contribution in [0.4, 0.5) is 4.39 Å². The normalized spacial score (nSPS) is 18.2. The Hall–Kier alpha value is -0.890. The molecule has 1 aliphatic heterocycles. The molecule has 94 valence electrons. The summed E-state index contributed by atoms with van der Waals surface area (Å²) in [6.45, 7) is 8.79. The molecule has 1 aromatic carbocycles. The van der Waals surface area contributed by atoms with Crippen molar-refractivity contribution in [3.05, 3.63) is 35.1 Å². The van der Waals surface area contributed by atoms with Crippen molar-refractivity contribution in [1.82, 2.24) is 4.90 Å². The minimum Gasteiger partial charge on any atom is -0.306 e. The number of hydrogen-bond acceptors (Lipinski definition) is 1. The first-order valence-corrected chi connectivity index (χ1v) is 6.33. The molecule has 2 rings (SSSR count). The lowest BCUT2D eigenvalue weighted by Gasteiger charge is -2.37. The highest BCUT2D eigenvalue weighted by Gasteiger charge is 2.26. The van der Waals surface area contributed by atoms with Crippen LogP contribution in [0.25, 0.3) is 0 Å². The van der Waals surface area contributed by atoms with Crippen molar-refractivity contribution in [3.63, 3.8) is 0 Å². The van der Waals surface area contributed by atoms with Crippen molar-refractivity contribution < 1.29 is 4.39 Å². The number of nitrogens with zero attached hydrogens (tertiary/aromatic N) is 1. The Morgan fingerprint density at radius 1 is 1.29 bits per heavy atom. The van der Waals surface area contributed by atoms with Gasteiger partial charge in [0.1, 0.15) is 5.82 Å². The summed E-state index contributed by atoms with van der Waals surface area (Å²) in [4.78, 5) is 2.32. The fourth-order valence-electron chi connectivity index (χ4n) is 2.69. The predicted octanol–water partition coefficient (Wildman–Crippen LogP) is 3.23. The van der Waals surface area contributed by atoms with E-state index in [-0.39, 0.29) is 11.2 Å². The van der Waals surface area contributed by atoms with Gasteiger partial charge in [-0.2, -0.15) is 0 Å². The van der Waals surface area contributed by atoms with Crippen molar-refractivity contribution in [3.8, 4) is 0 Å². The third-order valence-corrected chi connectivity index (χ3v) is 3.53. The Morgan fingerprint density at radius 3 is 2.47 bits per heavy atom. The monoisotopic (exact) mass is 235 g/mol. The van der Waals surface area contributed by atoms with Crippen LogP contribution >= 0.6 is 0 Å². The maximum atomic E-state index is 13.4. The molecule has 0 bridgehead atoms. The minimum absolute atomic E-state index is 0.0209. The second-order valence-electron chi connectivity index (χ2n) is 6.34. The van der Waals surface area contributed by atoms with Crippen LogP contribution < -0.4 is 0 Å². The highest BCUT2D eigenvalue weighted by Crippen LogP contribution is 2.29. The first kappa shape index (κ1) is 12.6. The highest BCUT2D eigenvalue weighted by molar-refractivity contribution is 5.34. The van der Waals surface area contributed by atoms with Crippen LogP contribution in [0, 0.1) is 11.7 Å². The van der Waals surface area contributed by atoms with E-state index in [1.165, 1.54) is 18.7 Å². The van der Waals surface area contributed by atoms with E-state index in [1.54, 1.807) is 12.1 Å². The Balaban J connectivity index is 2.21. The number of hydrogen-bond donors (Lipinski definition) is 0. The SMILES string of the molecule is CN1CC(Cc2ccc(F)cc2C(C)(C)C)C1. The van der Waals surface area contributed by atoms with Crippen LogP contribution in [0.15, 0.2) is 18.2 Å². The zero-order chi connectivity index (χ0) is 12.6. The quantitative estimate of drug-likeness (QED) is 0.760. The molecule has 0 spiro atoms. The predicted molar refractivity (Wildman–Crippen MR) is 69.8 cm³/mol. The van der Waals surface area contributed by atoms with Crippen molar-refractivity contribution >= 4 is 0 Å². The van der Waals surface area contributed by atoms with E-state index in [9.17, 15) is 4.39 Å². The molecule has 0 unspecified atom stereocenters. The highest BCUT2D eigenvalue weighted by atomic mass is 19.1. The summed E-state index contributed by atoms with van der Waals surface area (Å²) in [5.74, 6) is 0.621. The van der Waals surface area contributed by atoms with Gasteiger partial charge in [0.15, 0.2) is 0 Å². The van der Waals surface area contributed by atoms with Gasteiger partial charge in [0.25, 0.3) is 0 Å². The zero-order valence-corrected chi connectivity index (χ0v) is 11.3. The van der Waals surface area contributed by atoms with Crippen LogP contribution in [-0.2, 0) is 11.8 Å². The summed E-state index contributed by atoms with van der Waals surface area (Å²) in [6, 6.07) is 5.26. The molecule has 0 amide bonds. The smallest absolute Gasteiger partial charge is 0.123 e. The molecule has 1 nitrogen and oxygen atoms in total. The van der Waals surface area contributed by atoms with Crippen LogP contribution in [-0.4, -0.2) is 25.0 Å². The fourth-order valence-corrected chi connectivity index (χ4v) is 2.69. The fraction of sp³-hybridized carbons (Fsp3) is 0.600. The first-order chi connectivity index (χ1) is 7.86. The van der Waals surface area contributed by atoms with E-state index in [0.29, 0.717) is 0 Å². The summed E-state index contributed by atoms with van der Waals surface area (Å²) in [5.41, 5.74) is 2.50. The van der Waals surface area contributed by atoms with Crippen molar-refractivity contribution in [2.24, 2.45) is 5.92 Å². The molecule has 2 heteroatoms. The average molecular weight is 235 g/mol. The summed E-state index contributed by atoms with van der Waals surface area (Å²) >= 11 is 0. The standard InChI is InChI=1S/C15H22FN/c1-15(2,3)14-8-13(16)6-5-12(14)7-11-9-17(4)10-11/h5-6,8,11H,7,9-10H2,1-4H3. The van der Waals surface area contributed by atoms with E-state index in [0.717, 1.165) is 17.9 Å². The number of rotatable bonds is 2. The molecule has 1 heterocycles. The molecule has 0 aromatic heterocycles. The molecule has 0 saturated carbocycles. The lowest BCUT2D eigenvalue weighted by Crippen LogP contribution is -2.44. The molecule has 0 radical (unpaired) electrons. The van der Waals surface area contributed by atoms with E-state index in [2.05, 4.69) is 32.7 Å². The Morgan fingerprint density at radius 2 is 1.94 bits per heavy atom. The van der Waals surface area contributed by atoms with Crippen molar-refractivity contribution in [1.29, 1.82) is 0 Å². The largest absolute Gasteiger partial charge is 0.306 e. The summed E-state index contributed by atoms with van der Waals surface area (Å²) < 4.78 is 13.4. The molecule has 1 fully saturated rings. The third-order valence-electron chi connectivity index (χ3n) is 3.53. The molecule has 1 saturated heterocycles. The number of halogens is 1. The summed E-state index contributed by atoms with van der Waals surface area (Å²) in [7, 11) is 2.14. The average Bonchev–Trinajstić information content (AvgIpc) is 2.16. The van der Waals surface area contributed by atoms with Crippen LogP contribution in [0.5, 0.6) is 0 Å².